The van der Waals surface area contributed by atoms with Gasteiger partial charge in [-0.05, 0) is 31.0 Å². The fraction of sp³-hybridized carbons (Fsp3) is 0.294. The minimum atomic E-state index is -0.249. The van der Waals surface area contributed by atoms with E-state index in [1.54, 1.807) is 12.1 Å². The molecule has 2 aliphatic heterocycles. The lowest BCUT2D eigenvalue weighted by Crippen LogP contribution is -2.45. The van der Waals surface area contributed by atoms with E-state index >= 15 is 0 Å². The molecule has 0 unspecified atom stereocenters. The van der Waals surface area contributed by atoms with Crippen molar-refractivity contribution in [3.8, 4) is 11.5 Å². The molecule has 0 radical (unpaired) electrons. The smallest absolute Gasteiger partial charge is 0.150 e. The van der Waals surface area contributed by atoms with Crippen LogP contribution in [0.1, 0.15) is 24.4 Å². The summed E-state index contributed by atoms with van der Waals surface area (Å²) in [6.07, 6.45) is 1.98. The van der Waals surface area contributed by atoms with Gasteiger partial charge in [0.2, 0.25) is 0 Å². The molecule has 2 aliphatic rings. The van der Waals surface area contributed by atoms with Crippen molar-refractivity contribution in [3.05, 3.63) is 53.8 Å². The van der Waals surface area contributed by atoms with E-state index in [2.05, 4.69) is 11.0 Å². The normalized spacial score (nSPS) is 23.4. The van der Waals surface area contributed by atoms with E-state index in [1.165, 1.54) is 6.07 Å². The van der Waals surface area contributed by atoms with Crippen LogP contribution in [0.25, 0.3) is 0 Å². The molecule has 1 saturated heterocycles. The Morgan fingerprint density at radius 1 is 1.14 bits per heavy atom. The second-order valence-corrected chi connectivity index (χ2v) is 5.70. The van der Waals surface area contributed by atoms with Crippen LogP contribution in [0.15, 0.2) is 42.5 Å². The van der Waals surface area contributed by atoms with E-state index in [-0.39, 0.29) is 17.9 Å². The SMILES string of the molecule is N[C@H]1CCCN2c3cc(F)ccc3Oc3ccccc3[C@H]12. The van der Waals surface area contributed by atoms with E-state index in [0.717, 1.165) is 36.4 Å². The molecule has 4 heteroatoms. The van der Waals surface area contributed by atoms with Gasteiger partial charge in [-0.3, -0.25) is 0 Å². The predicted octanol–water partition coefficient (Wildman–Crippen LogP) is 3.60. The number of halogens is 1. The first kappa shape index (κ1) is 12.7. The molecule has 4 rings (SSSR count). The lowest BCUT2D eigenvalue weighted by Gasteiger charge is -2.40. The number of nitrogens with zero attached hydrogens (tertiary/aromatic N) is 1. The second kappa shape index (κ2) is 4.74. The number of piperidine rings is 1. The van der Waals surface area contributed by atoms with Gasteiger partial charge in [0.1, 0.15) is 11.6 Å². The Morgan fingerprint density at radius 2 is 2.00 bits per heavy atom. The monoisotopic (exact) mass is 284 g/mol. The standard InChI is InChI=1S/C17H17FN2O/c18-11-7-8-16-14(10-11)20-9-3-5-13(19)17(20)12-4-1-2-6-15(12)21-16/h1-2,4,6-8,10,13,17H,3,5,9,19H2/t13-,17+/m0/s1. The summed E-state index contributed by atoms with van der Waals surface area (Å²) in [6, 6.07) is 12.7. The molecule has 2 atom stereocenters. The zero-order chi connectivity index (χ0) is 14.4. The van der Waals surface area contributed by atoms with Gasteiger partial charge in [0, 0.05) is 24.2 Å². The third-order valence-electron chi connectivity index (χ3n) is 4.37. The third kappa shape index (κ3) is 1.98. The summed E-state index contributed by atoms with van der Waals surface area (Å²) in [4.78, 5) is 2.19. The van der Waals surface area contributed by atoms with Crippen molar-refractivity contribution in [3.63, 3.8) is 0 Å². The molecule has 1 fully saturated rings. The number of hydrogen-bond acceptors (Lipinski definition) is 3. The molecular weight excluding hydrogens is 267 g/mol. The molecule has 108 valence electrons. The Kier molecular flexibility index (Phi) is 2.86. The van der Waals surface area contributed by atoms with Gasteiger partial charge >= 0.3 is 0 Å². The van der Waals surface area contributed by atoms with Crippen molar-refractivity contribution in [1.82, 2.24) is 0 Å². The first-order chi connectivity index (χ1) is 10.2. The Morgan fingerprint density at radius 3 is 2.90 bits per heavy atom. The summed E-state index contributed by atoms with van der Waals surface area (Å²) in [5, 5.41) is 0. The quantitative estimate of drug-likeness (QED) is 0.803. The van der Waals surface area contributed by atoms with Gasteiger partial charge in [-0.25, -0.2) is 4.39 Å². The van der Waals surface area contributed by atoms with Crippen molar-refractivity contribution in [2.24, 2.45) is 5.73 Å². The van der Waals surface area contributed by atoms with Crippen LogP contribution in [0.4, 0.5) is 10.1 Å². The highest BCUT2D eigenvalue weighted by Gasteiger charge is 2.36. The first-order valence-electron chi connectivity index (χ1n) is 7.32. The summed E-state index contributed by atoms with van der Waals surface area (Å²) in [5.41, 5.74) is 8.26. The molecular formula is C17H17FN2O. The van der Waals surface area contributed by atoms with E-state index in [1.807, 2.05) is 18.2 Å². The van der Waals surface area contributed by atoms with Crippen molar-refractivity contribution < 1.29 is 9.13 Å². The van der Waals surface area contributed by atoms with E-state index in [4.69, 9.17) is 10.5 Å². The van der Waals surface area contributed by atoms with Crippen molar-refractivity contribution >= 4 is 5.69 Å². The van der Waals surface area contributed by atoms with Crippen LogP contribution in [0.5, 0.6) is 11.5 Å². The Labute approximate surface area is 123 Å². The lowest BCUT2D eigenvalue weighted by molar-refractivity contribution is 0.408. The van der Waals surface area contributed by atoms with Crippen molar-refractivity contribution in [2.75, 3.05) is 11.4 Å². The number of anilines is 1. The molecule has 2 heterocycles. The largest absolute Gasteiger partial charge is 0.455 e. The second-order valence-electron chi connectivity index (χ2n) is 5.70. The summed E-state index contributed by atoms with van der Waals surface area (Å²) in [6.45, 7) is 0.868. The molecule has 21 heavy (non-hydrogen) atoms. The molecule has 2 aromatic carbocycles. The predicted molar refractivity (Wildman–Crippen MR) is 80.2 cm³/mol. The highest BCUT2D eigenvalue weighted by molar-refractivity contribution is 5.65. The van der Waals surface area contributed by atoms with Crippen LogP contribution in [-0.4, -0.2) is 12.6 Å². The minimum Gasteiger partial charge on any atom is -0.455 e. The molecule has 0 spiro atoms. The van der Waals surface area contributed by atoms with Crippen molar-refractivity contribution in [1.29, 1.82) is 0 Å². The van der Waals surface area contributed by atoms with Crippen molar-refractivity contribution in [2.45, 2.75) is 24.9 Å². The zero-order valence-corrected chi connectivity index (χ0v) is 11.6. The molecule has 2 N–H and O–H groups in total. The van der Waals surface area contributed by atoms with E-state index in [0.29, 0.717) is 5.75 Å². The maximum absolute atomic E-state index is 13.7. The molecule has 0 amide bonds. The first-order valence-corrected chi connectivity index (χ1v) is 7.32. The molecule has 0 bridgehead atoms. The van der Waals surface area contributed by atoms with Crippen LogP contribution in [0.2, 0.25) is 0 Å². The highest BCUT2D eigenvalue weighted by Crippen LogP contribution is 2.47. The van der Waals surface area contributed by atoms with Crippen LogP contribution >= 0.6 is 0 Å². The van der Waals surface area contributed by atoms with E-state index in [9.17, 15) is 4.39 Å². The summed E-state index contributed by atoms with van der Waals surface area (Å²) in [5.74, 6) is 1.26. The molecule has 0 aromatic heterocycles. The highest BCUT2D eigenvalue weighted by atomic mass is 19.1. The fourth-order valence-corrected chi connectivity index (χ4v) is 3.43. The Balaban J connectivity index is 1.94. The van der Waals surface area contributed by atoms with Gasteiger partial charge in [-0.1, -0.05) is 18.2 Å². The maximum atomic E-state index is 13.7. The average Bonchev–Trinajstić information content (AvgIpc) is 2.63. The summed E-state index contributed by atoms with van der Waals surface area (Å²) in [7, 11) is 0. The topological polar surface area (TPSA) is 38.5 Å². The number of para-hydroxylation sites is 1. The van der Waals surface area contributed by atoms with Crippen LogP contribution in [0, 0.1) is 5.82 Å². The van der Waals surface area contributed by atoms with Gasteiger partial charge in [0.15, 0.2) is 5.75 Å². The number of rotatable bonds is 0. The Hall–Kier alpha value is -2.07. The molecule has 0 saturated carbocycles. The van der Waals surface area contributed by atoms with Crippen LogP contribution < -0.4 is 15.4 Å². The number of ether oxygens (including phenoxy) is 1. The Bertz CT molecular complexity index is 688. The molecule has 0 aliphatic carbocycles. The fourth-order valence-electron chi connectivity index (χ4n) is 3.43. The van der Waals surface area contributed by atoms with Crippen LogP contribution in [-0.2, 0) is 0 Å². The number of hydrogen-bond donors (Lipinski definition) is 1. The van der Waals surface area contributed by atoms with Gasteiger partial charge in [0.05, 0.1) is 11.7 Å². The van der Waals surface area contributed by atoms with Crippen LogP contribution in [0.3, 0.4) is 0 Å². The number of nitrogens with two attached hydrogens (primary N) is 1. The van der Waals surface area contributed by atoms with Gasteiger partial charge in [-0.15, -0.1) is 0 Å². The van der Waals surface area contributed by atoms with E-state index < -0.39 is 0 Å². The van der Waals surface area contributed by atoms with Gasteiger partial charge in [-0.2, -0.15) is 0 Å². The zero-order valence-electron chi connectivity index (χ0n) is 11.6. The minimum absolute atomic E-state index is 0.0257. The average molecular weight is 284 g/mol. The maximum Gasteiger partial charge on any atom is 0.150 e. The number of benzene rings is 2. The van der Waals surface area contributed by atoms with Gasteiger partial charge in [0.25, 0.3) is 0 Å². The third-order valence-corrected chi connectivity index (χ3v) is 4.37. The van der Waals surface area contributed by atoms with Gasteiger partial charge < -0.3 is 15.4 Å². The lowest BCUT2D eigenvalue weighted by atomic mass is 9.90. The number of fused-ring (bicyclic) bond motifs is 5. The summed E-state index contributed by atoms with van der Waals surface area (Å²) >= 11 is 0. The molecule has 3 nitrogen and oxygen atoms in total. The summed E-state index contributed by atoms with van der Waals surface area (Å²) < 4.78 is 19.7. The molecule has 2 aromatic rings.